The van der Waals surface area contributed by atoms with Gasteiger partial charge >= 0.3 is 0 Å². The van der Waals surface area contributed by atoms with Crippen LogP contribution in [0.15, 0.2) is 42.5 Å². The smallest absolute Gasteiger partial charge is 0.122 e. The maximum Gasteiger partial charge on any atom is 0.122 e. The van der Waals surface area contributed by atoms with E-state index in [0.717, 1.165) is 29.2 Å². The average molecular weight is 256 g/mol. The predicted molar refractivity (Wildman–Crippen MR) is 80.5 cm³/mol. The zero-order valence-corrected chi connectivity index (χ0v) is 11.4. The summed E-state index contributed by atoms with van der Waals surface area (Å²) in [6, 6.07) is 14.0. The molecule has 0 fully saturated rings. The van der Waals surface area contributed by atoms with E-state index in [1.54, 1.807) is 0 Å². The van der Waals surface area contributed by atoms with Gasteiger partial charge in [0.05, 0.1) is 6.61 Å². The number of rotatable bonds is 5. The highest BCUT2D eigenvalue weighted by atomic mass is 16.5. The molecule has 100 valence electrons. The molecule has 0 amide bonds. The minimum absolute atomic E-state index is 0.694. The van der Waals surface area contributed by atoms with E-state index in [9.17, 15) is 0 Å². The molecule has 2 aromatic carbocycles. The minimum atomic E-state index is 0.694. The third kappa shape index (κ3) is 3.65. The Bertz CT molecular complexity index is 535. The first-order valence-electron chi connectivity index (χ1n) is 6.51. The summed E-state index contributed by atoms with van der Waals surface area (Å²) >= 11 is 0. The Balaban J connectivity index is 1.99. The maximum atomic E-state index is 5.66. The van der Waals surface area contributed by atoms with Crippen LogP contribution in [0, 0.1) is 6.92 Å². The van der Waals surface area contributed by atoms with Crippen LogP contribution >= 0.6 is 0 Å². The second-order valence-corrected chi connectivity index (χ2v) is 4.51. The second kappa shape index (κ2) is 6.14. The van der Waals surface area contributed by atoms with Gasteiger partial charge in [0.25, 0.3) is 0 Å². The van der Waals surface area contributed by atoms with Crippen LogP contribution in [-0.4, -0.2) is 6.61 Å². The molecule has 0 aliphatic carbocycles. The Hall–Kier alpha value is -2.16. The largest absolute Gasteiger partial charge is 0.494 e. The van der Waals surface area contributed by atoms with Crippen LogP contribution in [0.3, 0.4) is 0 Å². The van der Waals surface area contributed by atoms with Gasteiger partial charge in [0, 0.05) is 17.9 Å². The van der Waals surface area contributed by atoms with Gasteiger partial charge in [-0.2, -0.15) is 0 Å². The topological polar surface area (TPSA) is 47.3 Å². The van der Waals surface area contributed by atoms with E-state index in [2.05, 4.69) is 18.3 Å². The van der Waals surface area contributed by atoms with Crippen molar-refractivity contribution in [1.29, 1.82) is 0 Å². The predicted octanol–water partition coefficient (Wildman–Crippen LogP) is 3.59. The molecule has 0 saturated heterocycles. The molecule has 0 bridgehead atoms. The monoisotopic (exact) mass is 256 g/mol. The molecule has 0 heterocycles. The number of ether oxygens (including phenoxy) is 1. The van der Waals surface area contributed by atoms with Gasteiger partial charge < -0.3 is 15.8 Å². The van der Waals surface area contributed by atoms with E-state index in [4.69, 9.17) is 10.5 Å². The van der Waals surface area contributed by atoms with E-state index in [0.29, 0.717) is 6.61 Å². The number of anilines is 2. The second-order valence-electron chi connectivity index (χ2n) is 4.51. The summed E-state index contributed by atoms with van der Waals surface area (Å²) in [4.78, 5) is 0. The first kappa shape index (κ1) is 13.3. The van der Waals surface area contributed by atoms with Crippen LogP contribution in [0.25, 0.3) is 0 Å². The lowest BCUT2D eigenvalue weighted by molar-refractivity contribution is 0.338. The summed E-state index contributed by atoms with van der Waals surface area (Å²) in [7, 11) is 0. The van der Waals surface area contributed by atoms with Crippen LogP contribution in [0.4, 0.5) is 11.4 Å². The van der Waals surface area contributed by atoms with Gasteiger partial charge in [-0.05, 0) is 55.3 Å². The average Bonchev–Trinajstić information content (AvgIpc) is 2.41. The molecular weight excluding hydrogens is 236 g/mol. The van der Waals surface area contributed by atoms with E-state index < -0.39 is 0 Å². The van der Waals surface area contributed by atoms with Gasteiger partial charge in [0.15, 0.2) is 0 Å². The summed E-state index contributed by atoms with van der Waals surface area (Å²) in [5.74, 6) is 0.945. The standard InChI is InChI=1S/C16H20N2O/c1-3-19-16-9-8-15(10-12(16)2)18-11-13-4-6-14(17)7-5-13/h4-10,18H,3,11,17H2,1-2H3. The molecule has 0 aliphatic heterocycles. The van der Waals surface area contributed by atoms with Crippen molar-refractivity contribution in [3.63, 3.8) is 0 Å². The minimum Gasteiger partial charge on any atom is -0.494 e. The van der Waals surface area contributed by atoms with Crippen molar-refractivity contribution in [2.24, 2.45) is 0 Å². The van der Waals surface area contributed by atoms with E-state index >= 15 is 0 Å². The van der Waals surface area contributed by atoms with Crippen LogP contribution in [0.2, 0.25) is 0 Å². The van der Waals surface area contributed by atoms with E-state index in [1.807, 2.05) is 43.3 Å². The summed E-state index contributed by atoms with van der Waals surface area (Å²) in [5, 5.41) is 3.39. The number of nitrogens with two attached hydrogens (primary N) is 1. The fourth-order valence-electron chi connectivity index (χ4n) is 1.92. The van der Waals surface area contributed by atoms with Crippen molar-refractivity contribution in [2.45, 2.75) is 20.4 Å². The molecule has 0 spiro atoms. The first-order chi connectivity index (χ1) is 9.19. The maximum absolute atomic E-state index is 5.66. The van der Waals surface area contributed by atoms with Crippen molar-refractivity contribution < 1.29 is 4.74 Å². The SMILES string of the molecule is CCOc1ccc(NCc2ccc(N)cc2)cc1C. The summed E-state index contributed by atoms with van der Waals surface area (Å²) in [6.45, 7) is 5.53. The Labute approximate surface area is 114 Å². The van der Waals surface area contributed by atoms with Crippen molar-refractivity contribution in [3.8, 4) is 5.75 Å². The number of hydrogen-bond acceptors (Lipinski definition) is 3. The third-order valence-electron chi connectivity index (χ3n) is 2.95. The van der Waals surface area contributed by atoms with Crippen LogP contribution in [0.5, 0.6) is 5.75 Å². The quantitative estimate of drug-likeness (QED) is 0.804. The molecule has 0 atom stereocenters. The number of aryl methyl sites for hydroxylation is 1. The van der Waals surface area contributed by atoms with Gasteiger partial charge in [-0.3, -0.25) is 0 Å². The van der Waals surface area contributed by atoms with Crippen molar-refractivity contribution in [2.75, 3.05) is 17.7 Å². The molecule has 0 unspecified atom stereocenters. The van der Waals surface area contributed by atoms with Gasteiger partial charge in [-0.15, -0.1) is 0 Å². The number of nitrogen functional groups attached to an aromatic ring is 1. The lowest BCUT2D eigenvalue weighted by Gasteiger charge is -2.11. The van der Waals surface area contributed by atoms with E-state index in [1.165, 1.54) is 5.56 Å². The number of nitrogens with one attached hydrogen (secondary N) is 1. The van der Waals surface area contributed by atoms with Crippen molar-refractivity contribution in [3.05, 3.63) is 53.6 Å². The van der Waals surface area contributed by atoms with Crippen molar-refractivity contribution >= 4 is 11.4 Å². The fourth-order valence-corrected chi connectivity index (χ4v) is 1.92. The van der Waals surface area contributed by atoms with Gasteiger partial charge in [0.2, 0.25) is 0 Å². The third-order valence-corrected chi connectivity index (χ3v) is 2.95. The van der Waals surface area contributed by atoms with Crippen LogP contribution < -0.4 is 15.8 Å². The Morgan fingerprint density at radius 2 is 1.84 bits per heavy atom. The lowest BCUT2D eigenvalue weighted by atomic mass is 10.1. The van der Waals surface area contributed by atoms with Gasteiger partial charge in [0.1, 0.15) is 5.75 Å². The Morgan fingerprint density at radius 3 is 2.47 bits per heavy atom. The van der Waals surface area contributed by atoms with Gasteiger partial charge in [-0.1, -0.05) is 12.1 Å². The van der Waals surface area contributed by atoms with E-state index in [-0.39, 0.29) is 0 Å². The fraction of sp³-hybridized carbons (Fsp3) is 0.250. The molecule has 0 saturated carbocycles. The summed E-state index contributed by atoms with van der Waals surface area (Å²) in [6.07, 6.45) is 0. The highest BCUT2D eigenvalue weighted by Crippen LogP contribution is 2.22. The zero-order valence-electron chi connectivity index (χ0n) is 11.4. The molecular formula is C16H20N2O. The molecule has 2 rings (SSSR count). The molecule has 0 aromatic heterocycles. The molecule has 19 heavy (non-hydrogen) atoms. The highest BCUT2D eigenvalue weighted by Gasteiger charge is 2.00. The normalized spacial score (nSPS) is 10.2. The number of benzene rings is 2. The molecule has 3 nitrogen and oxygen atoms in total. The van der Waals surface area contributed by atoms with Crippen LogP contribution in [-0.2, 0) is 6.54 Å². The van der Waals surface area contributed by atoms with Crippen LogP contribution in [0.1, 0.15) is 18.1 Å². The Kier molecular flexibility index (Phi) is 4.29. The van der Waals surface area contributed by atoms with Gasteiger partial charge in [-0.25, -0.2) is 0 Å². The highest BCUT2D eigenvalue weighted by molar-refractivity contribution is 5.51. The molecule has 3 heteroatoms. The summed E-state index contributed by atoms with van der Waals surface area (Å²) < 4.78 is 5.53. The Morgan fingerprint density at radius 1 is 1.11 bits per heavy atom. The lowest BCUT2D eigenvalue weighted by Crippen LogP contribution is -2.01. The molecule has 0 aliphatic rings. The summed E-state index contributed by atoms with van der Waals surface area (Å²) in [5.41, 5.74) is 9.90. The molecule has 0 radical (unpaired) electrons. The molecule has 2 aromatic rings. The van der Waals surface area contributed by atoms with Crippen molar-refractivity contribution in [1.82, 2.24) is 0 Å². The molecule has 3 N–H and O–H groups in total. The first-order valence-corrected chi connectivity index (χ1v) is 6.51. The zero-order chi connectivity index (χ0) is 13.7. The number of hydrogen-bond donors (Lipinski definition) is 2.